The number of hydrogen-bond acceptors (Lipinski definition) is 1. The largest absolute Gasteiger partial charge is 0.320 e. The van der Waals surface area contributed by atoms with E-state index >= 15 is 0 Å². The first kappa shape index (κ1) is 15.2. The normalized spacial score (nSPS) is 12.6. The van der Waals surface area contributed by atoms with Gasteiger partial charge >= 0.3 is 0 Å². The van der Waals surface area contributed by atoms with Gasteiger partial charge in [0.1, 0.15) is 5.82 Å². The van der Waals surface area contributed by atoms with Crippen molar-refractivity contribution < 1.29 is 4.39 Å². The summed E-state index contributed by atoms with van der Waals surface area (Å²) in [6.45, 7) is 8.23. The molecule has 1 unspecified atom stereocenters. The highest BCUT2D eigenvalue weighted by Crippen LogP contribution is 2.31. The van der Waals surface area contributed by atoms with Gasteiger partial charge in [-0.25, -0.2) is 4.39 Å². The highest BCUT2D eigenvalue weighted by Gasteiger charge is 2.19. The fraction of sp³-hybridized carbons (Fsp3) is 0.294. The van der Waals surface area contributed by atoms with Gasteiger partial charge in [-0.3, -0.25) is 0 Å². The molecule has 20 heavy (non-hydrogen) atoms. The fourth-order valence-corrected chi connectivity index (χ4v) is 2.96. The van der Waals surface area contributed by atoms with Crippen molar-refractivity contribution in [3.63, 3.8) is 0 Å². The van der Waals surface area contributed by atoms with Gasteiger partial charge in [0, 0.05) is 10.0 Å². The van der Waals surface area contributed by atoms with Crippen molar-refractivity contribution >= 4 is 15.9 Å². The summed E-state index contributed by atoms with van der Waals surface area (Å²) in [5.74, 6) is -0.273. The molecule has 2 aromatic carbocycles. The summed E-state index contributed by atoms with van der Waals surface area (Å²) in [7, 11) is 0. The van der Waals surface area contributed by atoms with Crippen LogP contribution in [-0.2, 0) is 0 Å². The van der Waals surface area contributed by atoms with Crippen LogP contribution in [0.2, 0.25) is 0 Å². The molecule has 0 saturated heterocycles. The second-order valence-corrected chi connectivity index (χ2v) is 6.23. The molecule has 1 atom stereocenters. The Kier molecular flexibility index (Phi) is 4.31. The van der Waals surface area contributed by atoms with E-state index in [-0.39, 0.29) is 5.82 Å². The molecule has 0 fully saturated rings. The van der Waals surface area contributed by atoms with Crippen molar-refractivity contribution in [2.45, 2.75) is 33.7 Å². The molecule has 0 aliphatic heterocycles. The van der Waals surface area contributed by atoms with Crippen molar-refractivity contribution in [2.75, 3.05) is 0 Å². The first-order valence-corrected chi connectivity index (χ1v) is 7.40. The molecule has 0 aromatic heterocycles. The Bertz CT molecular complexity index is 638. The van der Waals surface area contributed by atoms with E-state index in [9.17, 15) is 4.39 Å². The lowest BCUT2D eigenvalue weighted by Gasteiger charge is -2.22. The second kappa shape index (κ2) is 5.66. The molecule has 0 saturated carbocycles. The summed E-state index contributed by atoms with van der Waals surface area (Å²) in [6.07, 6.45) is 0. The third-order valence-corrected chi connectivity index (χ3v) is 4.53. The van der Waals surface area contributed by atoms with Gasteiger partial charge in [0.2, 0.25) is 0 Å². The summed E-state index contributed by atoms with van der Waals surface area (Å²) in [6, 6.07) is 6.75. The van der Waals surface area contributed by atoms with E-state index < -0.39 is 6.04 Å². The minimum absolute atomic E-state index is 0.273. The van der Waals surface area contributed by atoms with Gasteiger partial charge < -0.3 is 5.73 Å². The molecule has 0 aliphatic carbocycles. The van der Waals surface area contributed by atoms with E-state index in [1.54, 1.807) is 6.07 Å². The predicted molar refractivity (Wildman–Crippen MR) is 85.5 cm³/mol. The van der Waals surface area contributed by atoms with Gasteiger partial charge in [0.25, 0.3) is 0 Å². The lowest BCUT2D eigenvalue weighted by atomic mass is 9.87. The van der Waals surface area contributed by atoms with Crippen molar-refractivity contribution in [2.24, 2.45) is 5.73 Å². The Morgan fingerprint density at radius 3 is 2.05 bits per heavy atom. The van der Waals surface area contributed by atoms with Crippen LogP contribution in [0, 0.1) is 33.5 Å². The van der Waals surface area contributed by atoms with Crippen LogP contribution >= 0.6 is 15.9 Å². The number of aryl methyl sites for hydroxylation is 2. The van der Waals surface area contributed by atoms with Crippen molar-refractivity contribution in [1.29, 1.82) is 0 Å². The zero-order valence-electron chi connectivity index (χ0n) is 12.2. The Balaban J connectivity index is 2.62. The third kappa shape index (κ3) is 2.65. The quantitative estimate of drug-likeness (QED) is 0.832. The van der Waals surface area contributed by atoms with Crippen molar-refractivity contribution in [3.8, 4) is 0 Å². The van der Waals surface area contributed by atoms with Crippen LogP contribution in [0.4, 0.5) is 4.39 Å². The van der Waals surface area contributed by atoms with Crippen LogP contribution in [0.15, 0.2) is 28.7 Å². The summed E-state index contributed by atoms with van der Waals surface area (Å²) in [4.78, 5) is 0. The van der Waals surface area contributed by atoms with Gasteiger partial charge in [-0.15, -0.1) is 0 Å². The van der Waals surface area contributed by atoms with Crippen molar-refractivity contribution in [3.05, 3.63) is 67.9 Å². The molecule has 1 nitrogen and oxygen atoms in total. The molecule has 2 aromatic rings. The number of hydrogen-bond donors (Lipinski definition) is 1. The molecule has 2 N–H and O–H groups in total. The maximum Gasteiger partial charge on any atom is 0.129 e. The number of benzene rings is 2. The Morgan fingerprint density at radius 2 is 1.55 bits per heavy atom. The molecule has 3 heteroatoms. The summed E-state index contributed by atoms with van der Waals surface area (Å²) in [5, 5.41) is 0. The first-order chi connectivity index (χ1) is 9.32. The van der Waals surface area contributed by atoms with Crippen LogP contribution in [0.25, 0.3) is 0 Å². The second-order valence-electron chi connectivity index (χ2n) is 5.32. The molecular weight excluding hydrogens is 317 g/mol. The van der Waals surface area contributed by atoms with E-state index in [0.29, 0.717) is 5.56 Å². The Hall–Kier alpha value is -1.19. The van der Waals surface area contributed by atoms with Crippen LogP contribution in [0.5, 0.6) is 0 Å². The van der Waals surface area contributed by atoms with E-state index in [1.807, 2.05) is 19.9 Å². The average molecular weight is 336 g/mol. The smallest absolute Gasteiger partial charge is 0.129 e. The van der Waals surface area contributed by atoms with Gasteiger partial charge in [-0.05, 0) is 67.6 Å². The molecule has 2 rings (SSSR count). The Labute approximate surface area is 128 Å². The fourth-order valence-electron chi connectivity index (χ4n) is 2.62. The molecule has 106 valence electrons. The first-order valence-electron chi connectivity index (χ1n) is 6.60. The summed E-state index contributed by atoms with van der Waals surface area (Å²) in [5.41, 5.74) is 12.6. The molecule has 0 bridgehead atoms. The third-order valence-electron chi connectivity index (χ3n) is 4.03. The number of rotatable bonds is 2. The van der Waals surface area contributed by atoms with Gasteiger partial charge in [0.15, 0.2) is 0 Å². The summed E-state index contributed by atoms with van der Waals surface area (Å²) >= 11 is 3.27. The van der Waals surface area contributed by atoms with Gasteiger partial charge in [-0.2, -0.15) is 0 Å². The highest BCUT2D eigenvalue weighted by atomic mass is 79.9. The lowest BCUT2D eigenvalue weighted by Crippen LogP contribution is -2.17. The van der Waals surface area contributed by atoms with Gasteiger partial charge in [0.05, 0.1) is 6.04 Å². The van der Waals surface area contributed by atoms with Crippen molar-refractivity contribution in [1.82, 2.24) is 0 Å². The topological polar surface area (TPSA) is 26.0 Å². The minimum Gasteiger partial charge on any atom is -0.320 e. The molecular formula is C17H19BrFN. The maximum atomic E-state index is 14.1. The van der Waals surface area contributed by atoms with E-state index in [4.69, 9.17) is 5.73 Å². The van der Waals surface area contributed by atoms with Crippen LogP contribution in [0.1, 0.15) is 39.4 Å². The van der Waals surface area contributed by atoms with Crippen LogP contribution in [0.3, 0.4) is 0 Å². The zero-order chi connectivity index (χ0) is 15.0. The van der Waals surface area contributed by atoms with Crippen LogP contribution in [-0.4, -0.2) is 0 Å². The van der Waals surface area contributed by atoms with E-state index in [2.05, 4.69) is 35.8 Å². The van der Waals surface area contributed by atoms with E-state index in [1.165, 1.54) is 17.2 Å². The number of nitrogens with two attached hydrogens (primary N) is 1. The van der Waals surface area contributed by atoms with Crippen LogP contribution < -0.4 is 5.73 Å². The standard InChI is InChI=1S/C17H19BrFN/c1-9-7-10(2)12(4)16(11(9)3)17(20)14-6-5-13(18)8-15(14)19/h5-8,17H,20H2,1-4H3. The number of halogens is 2. The zero-order valence-corrected chi connectivity index (χ0v) is 13.8. The molecule has 0 heterocycles. The predicted octanol–water partition coefficient (Wildman–Crippen LogP) is 4.87. The SMILES string of the molecule is Cc1cc(C)c(C)c(C(N)c2ccc(Br)cc2F)c1C. The average Bonchev–Trinajstić information content (AvgIpc) is 2.36. The lowest BCUT2D eigenvalue weighted by molar-refractivity contribution is 0.597. The highest BCUT2D eigenvalue weighted by molar-refractivity contribution is 9.10. The molecule has 0 spiro atoms. The maximum absolute atomic E-state index is 14.1. The molecule has 0 radical (unpaired) electrons. The van der Waals surface area contributed by atoms with Gasteiger partial charge in [-0.1, -0.05) is 28.1 Å². The molecule has 0 aliphatic rings. The monoisotopic (exact) mass is 335 g/mol. The van der Waals surface area contributed by atoms with E-state index in [0.717, 1.165) is 21.2 Å². The Morgan fingerprint density at radius 1 is 1.00 bits per heavy atom. The molecule has 0 amide bonds. The summed E-state index contributed by atoms with van der Waals surface area (Å²) < 4.78 is 14.9. The minimum atomic E-state index is -0.443.